The van der Waals surface area contributed by atoms with Gasteiger partial charge in [-0.05, 0) is 12.5 Å². The van der Waals surface area contributed by atoms with E-state index >= 15 is 0 Å². The van der Waals surface area contributed by atoms with Crippen molar-refractivity contribution in [2.75, 3.05) is 13.2 Å². The summed E-state index contributed by atoms with van der Waals surface area (Å²) in [5, 5.41) is 27.0. The second-order valence-corrected chi connectivity index (χ2v) is 4.12. The normalized spacial score (nSPS) is 12.6. The zero-order valence-corrected chi connectivity index (χ0v) is 10.1. The van der Waals surface area contributed by atoms with E-state index in [0.29, 0.717) is 5.39 Å². The largest absolute Gasteiger partial charge is 0.394 e. The van der Waals surface area contributed by atoms with Crippen LogP contribution in [0.1, 0.15) is 16.9 Å². The number of carbonyl (C=O) groups is 1. The van der Waals surface area contributed by atoms with Crippen LogP contribution in [0.5, 0.6) is 0 Å². The minimum Gasteiger partial charge on any atom is -0.394 e. The maximum atomic E-state index is 13.4. The molecule has 1 heterocycles. The van der Waals surface area contributed by atoms with E-state index in [0.717, 1.165) is 0 Å². The first-order chi connectivity index (χ1) is 9.13. The molecule has 0 saturated heterocycles. The van der Waals surface area contributed by atoms with E-state index in [9.17, 15) is 9.18 Å². The summed E-state index contributed by atoms with van der Waals surface area (Å²) in [6, 6.07) is 4.36. The lowest BCUT2D eigenvalue weighted by molar-refractivity contribution is 0.0833. The number of aromatic amines is 1. The van der Waals surface area contributed by atoms with Gasteiger partial charge < -0.3 is 15.5 Å². The number of fused-ring (bicyclic) bond motifs is 1. The minimum atomic E-state index is -0.865. The zero-order chi connectivity index (χ0) is 13.8. The van der Waals surface area contributed by atoms with Gasteiger partial charge in [-0.1, -0.05) is 12.1 Å². The molecule has 2 rings (SSSR count). The van der Waals surface area contributed by atoms with E-state index in [1.165, 1.54) is 12.1 Å². The number of carbonyl (C=O) groups excluding carboxylic acids is 1. The summed E-state index contributed by atoms with van der Waals surface area (Å²) in [6.45, 7) is -0.148. The number of nitrogens with one attached hydrogen (secondary N) is 2. The van der Waals surface area contributed by atoms with Crippen molar-refractivity contribution < 1.29 is 19.4 Å². The topological polar surface area (TPSA) is 98.2 Å². The molecule has 19 heavy (non-hydrogen) atoms. The number of hydrogen-bond donors (Lipinski definition) is 4. The number of benzene rings is 1. The first-order valence-electron chi connectivity index (χ1n) is 5.83. The van der Waals surface area contributed by atoms with Crippen LogP contribution < -0.4 is 5.32 Å². The predicted molar refractivity (Wildman–Crippen MR) is 66.1 cm³/mol. The Labute approximate surface area is 108 Å². The fraction of sp³-hybridized carbons (Fsp3) is 0.333. The number of aromatic nitrogens is 2. The molecule has 2 aromatic rings. The maximum absolute atomic E-state index is 13.4. The average molecular weight is 267 g/mol. The van der Waals surface area contributed by atoms with E-state index in [-0.39, 0.29) is 30.8 Å². The first kappa shape index (κ1) is 13.4. The zero-order valence-electron chi connectivity index (χ0n) is 10.1. The predicted octanol–water partition coefficient (Wildman–Crippen LogP) is 0.175. The van der Waals surface area contributed by atoms with Crippen molar-refractivity contribution in [2.45, 2.75) is 12.5 Å². The van der Waals surface area contributed by atoms with Crippen LogP contribution in [0.2, 0.25) is 0 Å². The van der Waals surface area contributed by atoms with Gasteiger partial charge in [0, 0.05) is 11.9 Å². The molecule has 0 unspecified atom stereocenters. The molecule has 1 aromatic heterocycles. The van der Waals surface area contributed by atoms with Crippen molar-refractivity contribution >= 4 is 16.8 Å². The van der Waals surface area contributed by atoms with Crippen molar-refractivity contribution in [1.82, 2.24) is 15.5 Å². The molecule has 0 aliphatic carbocycles. The average Bonchev–Trinajstić information content (AvgIpc) is 2.83. The van der Waals surface area contributed by atoms with Crippen LogP contribution in [0.4, 0.5) is 4.39 Å². The highest BCUT2D eigenvalue weighted by Gasteiger charge is 2.15. The van der Waals surface area contributed by atoms with Crippen molar-refractivity contribution in [1.29, 1.82) is 0 Å². The minimum absolute atomic E-state index is 0.114. The van der Waals surface area contributed by atoms with Crippen molar-refractivity contribution in [2.24, 2.45) is 0 Å². The molecule has 1 aromatic carbocycles. The van der Waals surface area contributed by atoms with Crippen LogP contribution in [0.3, 0.4) is 0 Å². The number of amides is 1. The fourth-order valence-corrected chi connectivity index (χ4v) is 1.71. The summed E-state index contributed by atoms with van der Waals surface area (Å²) in [7, 11) is 0. The van der Waals surface area contributed by atoms with Gasteiger partial charge in [-0.25, -0.2) is 4.39 Å². The Morgan fingerprint density at radius 1 is 1.53 bits per heavy atom. The standard InChI is InChI=1S/C12H14FN3O3/c13-9-3-1-2-8-10(9)15-16-11(8)12(19)14-5-4-7(18)6-17/h1-3,7,17-18H,4-6H2,(H,14,19)(H,15,16)/t7-/m0/s1. The Bertz CT molecular complexity index is 585. The number of halogens is 1. The molecular weight excluding hydrogens is 253 g/mol. The smallest absolute Gasteiger partial charge is 0.269 e. The molecule has 6 nitrogen and oxygen atoms in total. The Hall–Kier alpha value is -1.99. The first-order valence-corrected chi connectivity index (χ1v) is 5.83. The van der Waals surface area contributed by atoms with E-state index in [1.807, 2.05) is 0 Å². The van der Waals surface area contributed by atoms with Gasteiger partial charge in [-0.3, -0.25) is 9.89 Å². The van der Waals surface area contributed by atoms with Gasteiger partial charge in [0.15, 0.2) is 5.82 Å². The summed E-state index contributed by atoms with van der Waals surface area (Å²) < 4.78 is 13.4. The van der Waals surface area contributed by atoms with E-state index < -0.39 is 17.8 Å². The second kappa shape index (κ2) is 5.77. The number of rotatable bonds is 5. The molecule has 102 valence electrons. The Morgan fingerprint density at radius 2 is 2.32 bits per heavy atom. The maximum Gasteiger partial charge on any atom is 0.269 e. The third-order valence-electron chi connectivity index (χ3n) is 2.74. The van der Waals surface area contributed by atoms with Crippen LogP contribution >= 0.6 is 0 Å². The Kier molecular flexibility index (Phi) is 4.08. The van der Waals surface area contributed by atoms with Gasteiger partial charge in [0.1, 0.15) is 11.2 Å². The van der Waals surface area contributed by atoms with E-state index in [2.05, 4.69) is 15.5 Å². The number of aliphatic hydroxyl groups excluding tert-OH is 2. The molecule has 0 aliphatic heterocycles. The number of aliphatic hydroxyl groups is 2. The van der Waals surface area contributed by atoms with Gasteiger partial charge in [0.25, 0.3) is 5.91 Å². The number of para-hydroxylation sites is 1. The lowest BCUT2D eigenvalue weighted by atomic mass is 10.2. The molecule has 4 N–H and O–H groups in total. The molecule has 0 saturated carbocycles. The lowest BCUT2D eigenvalue weighted by Gasteiger charge is -2.07. The third-order valence-corrected chi connectivity index (χ3v) is 2.74. The fourth-order valence-electron chi connectivity index (χ4n) is 1.71. The second-order valence-electron chi connectivity index (χ2n) is 4.12. The summed E-state index contributed by atoms with van der Waals surface area (Å²) in [5.74, 6) is -0.929. The molecule has 0 bridgehead atoms. The number of hydrogen-bond acceptors (Lipinski definition) is 4. The van der Waals surface area contributed by atoms with Crippen molar-refractivity contribution in [3.8, 4) is 0 Å². The lowest BCUT2D eigenvalue weighted by Crippen LogP contribution is -2.28. The van der Waals surface area contributed by atoms with Gasteiger partial charge in [0.2, 0.25) is 0 Å². The molecule has 0 aliphatic rings. The Morgan fingerprint density at radius 3 is 3.05 bits per heavy atom. The van der Waals surface area contributed by atoms with Crippen molar-refractivity contribution in [3.63, 3.8) is 0 Å². The van der Waals surface area contributed by atoms with Crippen LogP contribution in [-0.4, -0.2) is 45.6 Å². The van der Waals surface area contributed by atoms with Gasteiger partial charge >= 0.3 is 0 Å². The molecule has 1 amide bonds. The van der Waals surface area contributed by atoms with Gasteiger partial charge in [-0.2, -0.15) is 5.10 Å². The molecule has 0 radical (unpaired) electrons. The van der Waals surface area contributed by atoms with Gasteiger partial charge in [-0.15, -0.1) is 0 Å². The highest BCUT2D eigenvalue weighted by molar-refractivity contribution is 6.04. The number of H-pyrrole nitrogens is 1. The SMILES string of the molecule is O=C(NCC[C@H](O)CO)c1[nH]nc2c(F)cccc12. The van der Waals surface area contributed by atoms with Crippen molar-refractivity contribution in [3.05, 3.63) is 29.7 Å². The van der Waals surface area contributed by atoms with E-state index in [1.54, 1.807) is 6.07 Å². The quantitative estimate of drug-likeness (QED) is 0.621. The summed E-state index contributed by atoms with van der Waals surface area (Å²) in [6.07, 6.45) is -0.626. The summed E-state index contributed by atoms with van der Waals surface area (Å²) in [5.41, 5.74) is 0.288. The highest BCUT2D eigenvalue weighted by atomic mass is 19.1. The van der Waals surface area contributed by atoms with Crippen LogP contribution in [0, 0.1) is 5.82 Å². The molecule has 1 atom stereocenters. The highest BCUT2D eigenvalue weighted by Crippen LogP contribution is 2.18. The third kappa shape index (κ3) is 2.88. The molecule has 0 spiro atoms. The van der Waals surface area contributed by atoms with Gasteiger partial charge in [0.05, 0.1) is 12.7 Å². The molecule has 7 heteroatoms. The molecular formula is C12H14FN3O3. The van der Waals surface area contributed by atoms with Crippen LogP contribution in [0.15, 0.2) is 18.2 Å². The Balaban J connectivity index is 2.08. The summed E-state index contributed by atoms with van der Waals surface area (Å²) >= 11 is 0. The number of nitrogens with zero attached hydrogens (tertiary/aromatic N) is 1. The van der Waals surface area contributed by atoms with Crippen LogP contribution in [0.25, 0.3) is 10.9 Å². The van der Waals surface area contributed by atoms with E-state index in [4.69, 9.17) is 10.2 Å². The van der Waals surface area contributed by atoms with Crippen LogP contribution in [-0.2, 0) is 0 Å². The molecule has 0 fully saturated rings. The monoisotopic (exact) mass is 267 g/mol. The summed E-state index contributed by atoms with van der Waals surface area (Å²) in [4.78, 5) is 11.9.